The van der Waals surface area contributed by atoms with Crippen molar-refractivity contribution in [3.63, 3.8) is 0 Å². The highest BCUT2D eigenvalue weighted by molar-refractivity contribution is 7.98. The zero-order valence-corrected chi connectivity index (χ0v) is 23.9. The Morgan fingerprint density at radius 1 is 0.810 bits per heavy atom. The van der Waals surface area contributed by atoms with Gasteiger partial charge < -0.3 is 9.47 Å². The van der Waals surface area contributed by atoms with E-state index < -0.39 is 0 Å². The molecular formula is C35H30N4O2S. The van der Waals surface area contributed by atoms with Crippen molar-refractivity contribution in [3.8, 4) is 34.1 Å². The van der Waals surface area contributed by atoms with Crippen LogP contribution in [0.2, 0.25) is 0 Å². The van der Waals surface area contributed by atoms with Gasteiger partial charge in [0.1, 0.15) is 11.5 Å². The van der Waals surface area contributed by atoms with Gasteiger partial charge in [-0.3, -0.25) is 4.57 Å². The molecule has 0 N–H and O–H groups in total. The molecule has 7 rings (SSSR count). The number of aromatic nitrogens is 4. The average molecular weight is 571 g/mol. The predicted molar refractivity (Wildman–Crippen MR) is 168 cm³/mol. The smallest absolute Gasteiger partial charge is 0.191 e. The molecule has 0 spiro atoms. The molecule has 1 fully saturated rings. The molecule has 0 aliphatic carbocycles. The second kappa shape index (κ2) is 12.2. The van der Waals surface area contributed by atoms with Gasteiger partial charge in [0.2, 0.25) is 0 Å². The Morgan fingerprint density at radius 2 is 1.60 bits per heavy atom. The summed E-state index contributed by atoms with van der Waals surface area (Å²) in [7, 11) is 0. The fraction of sp³-hybridized carbons (Fsp3) is 0.171. The molecule has 1 atom stereocenters. The number of para-hydroxylation sites is 2. The topological polar surface area (TPSA) is 62.1 Å². The summed E-state index contributed by atoms with van der Waals surface area (Å²) >= 11 is 1.68. The summed E-state index contributed by atoms with van der Waals surface area (Å²) in [4.78, 5) is 4.99. The van der Waals surface area contributed by atoms with Crippen molar-refractivity contribution in [2.75, 3.05) is 6.61 Å². The standard InChI is InChI=1S/C35H30N4O2S/c1-3-12-26(13-4-1)33-22-31(30-18-7-8-19-32(30)36-33)34-37-38-35(39(34)23-29-17-10-20-40-29)42-24-25-11-9-16-28(21-25)41-27-14-5-2-6-15-27/h1-9,11-16,18-19,21-22,29H,10,17,20,23-24H2. The third-order valence-electron chi connectivity index (χ3n) is 7.40. The van der Waals surface area contributed by atoms with Gasteiger partial charge in [0.15, 0.2) is 11.0 Å². The molecule has 0 amide bonds. The lowest BCUT2D eigenvalue weighted by molar-refractivity contribution is 0.0953. The van der Waals surface area contributed by atoms with Crippen molar-refractivity contribution in [2.45, 2.75) is 36.4 Å². The predicted octanol–water partition coefficient (Wildman–Crippen LogP) is 8.42. The first-order valence-electron chi connectivity index (χ1n) is 14.3. The van der Waals surface area contributed by atoms with Crippen molar-refractivity contribution in [2.24, 2.45) is 0 Å². The SMILES string of the molecule is c1ccc(Oc2cccc(CSc3nnc(-c4cc(-c5ccccc5)nc5ccccc45)n3CC3CCCO3)c2)cc1. The number of hydrogen-bond acceptors (Lipinski definition) is 6. The fourth-order valence-corrected chi connectivity index (χ4v) is 6.23. The Kier molecular flexibility index (Phi) is 7.67. The number of ether oxygens (including phenoxy) is 2. The fourth-order valence-electron chi connectivity index (χ4n) is 5.34. The van der Waals surface area contributed by atoms with E-state index in [-0.39, 0.29) is 6.10 Å². The molecule has 1 saturated heterocycles. The molecule has 0 bridgehead atoms. The van der Waals surface area contributed by atoms with Crippen molar-refractivity contribution in [1.82, 2.24) is 19.7 Å². The molecule has 1 unspecified atom stereocenters. The third-order valence-corrected chi connectivity index (χ3v) is 8.44. The van der Waals surface area contributed by atoms with E-state index in [9.17, 15) is 0 Å². The number of thioether (sulfide) groups is 1. The first-order chi connectivity index (χ1) is 20.8. The van der Waals surface area contributed by atoms with Gasteiger partial charge >= 0.3 is 0 Å². The maximum absolute atomic E-state index is 6.07. The monoisotopic (exact) mass is 570 g/mol. The van der Waals surface area contributed by atoms with Gasteiger partial charge in [0, 0.05) is 28.9 Å². The number of hydrogen-bond donors (Lipinski definition) is 0. The lowest BCUT2D eigenvalue weighted by atomic mass is 10.0. The van der Waals surface area contributed by atoms with Crippen LogP contribution in [0.1, 0.15) is 18.4 Å². The maximum Gasteiger partial charge on any atom is 0.191 e. The van der Waals surface area contributed by atoms with E-state index in [1.54, 1.807) is 11.8 Å². The number of nitrogens with zero attached hydrogens (tertiary/aromatic N) is 4. The van der Waals surface area contributed by atoms with E-state index in [4.69, 9.17) is 24.7 Å². The Labute approximate surface area is 249 Å². The van der Waals surface area contributed by atoms with Crippen molar-refractivity contribution in [3.05, 3.63) is 121 Å². The van der Waals surface area contributed by atoms with Gasteiger partial charge in [0.25, 0.3) is 0 Å². The average Bonchev–Trinajstić information content (AvgIpc) is 3.71. The molecule has 0 radical (unpaired) electrons. The summed E-state index contributed by atoms with van der Waals surface area (Å²) < 4.78 is 14.4. The zero-order chi connectivity index (χ0) is 28.1. The minimum atomic E-state index is 0.142. The molecule has 1 aliphatic heterocycles. The van der Waals surface area contributed by atoms with Gasteiger partial charge in [-0.05, 0) is 54.8 Å². The van der Waals surface area contributed by atoms with Crippen LogP contribution in [0, 0.1) is 0 Å². The van der Waals surface area contributed by atoms with E-state index in [0.717, 1.165) is 81.0 Å². The molecule has 42 heavy (non-hydrogen) atoms. The zero-order valence-electron chi connectivity index (χ0n) is 23.1. The summed E-state index contributed by atoms with van der Waals surface area (Å²) in [6, 6.07) is 38.8. The molecule has 3 heterocycles. The van der Waals surface area contributed by atoms with E-state index >= 15 is 0 Å². The highest BCUT2D eigenvalue weighted by atomic mass is 32.2. The van der Waals surface area contributed by atoms with Crippen molar-refractivity contribution in [1.29, 1.82) is 0 Å². The van der Waals surface area contributed by atoms with E-state index in [1.807, 2.05) is 66.7 Å². The molecule has 7 heteroatoms. The molecule has 4 aromatic carbocycles. The Morgan fingerprint density at radius 3 is 2.43 bits per heavy atom. The molecule has 1 aliphatic rings. The Hall–Kier alpha value is -4.46. The second-order valence-corrected chi connectivity index (χ2v) is 11.3. The highest BCUT2D eigenvalue weighted by Gasteiger charge is 2.23. The van der Waals surface area contributed by atoms with Gasteiger partial charge in [-0.15, -0.1) is 10.2 Å². The molecule has 6 nitrogen and oxygen atoms in total. The van der Waals surface area contributed by atoms with Gasteiger partial charge in [-0.25, -0.2) is 4.98 Å². The largest absolute Gasteiger partial charge is 0.457 e. The van der Waals surface area contributed by atoms with Crippen LogP contribution in [0.15, 0.2) is 120 Å². The van der Waals surface area contributed by atoms with Crippen LogP contribution < -0.4 is 4.74 Å². The van der Waals surface area contributed by atoms with E-state index in [1.165, 1.54) is 0 Å². The Balaban J connectivity index is 1.23. The van der Waals surface area contributed by atoms with Crippen molar-refractivity contribution < 1.29 is 9.47 Å². The Bertz CT molecular complexity index is 1800. The lowest BCUT2D eigenvalue weighted by Crippen LogP contribution is -2.16. The van der Waals surface area contributed by atoms with Crippen LogP contribution in [-0.4, -0.2) is 32.5 Å². The maximum atomic E-state index is 6.07. The minimum absolute atomic E-state index is 0.142. The number of pyridine rings is 1. The van der Waals surface area contributed by atoms with Crippen LogP contribution in [0.4, 0.5) is 0 Å². The van der Waals surface area contributed by atoms with Crippen molar-refractivity contribution >= 4 is 22.7 Å². The number of fused-ring (bicyclic) bond motifs is 1. The first-order valence-corrected chi connectivity index (χ1v) is 15.2. The number of rotatable bonds is 9. The van der Waals surface area contributed by atoms with E-state index in [0.29, 0.717) is 6.54 Å². The summed E-state index contributed by atoms with van der Waals surface area (Å²) in [6.45, 7) is 1.51. The van der Waals surface area contributed by atoms with E-state index in [2.05, 4.69) is 53.1 Å². The molecule has 208 valence electrons. The first kappa shape index (κ1) is 26.4. The van der Waals surface area contributed by atoms with Crippen LogP contribution in [0.25, 0.3) is 33.5 Å². The van der Waals surface area contributed by atoms with Crippen LogP contribution in [0.3, 0.4) is 0 Å². The number of benzene rings is 4. The third kappa shape index (κ3) is 5.79. The molecular weight excluding hydrogens is 540 g/mol. The minimum Gasteiger partial charge on any atom is -0.457 e. The summed E-state index contributed by atoms with van der Waals surface area (Å²) in [5.74, 6) is 3.22. The van der Waals surface area contributed by atoms with Gasteiger partial charge in [-0.2, -0.15) is 0 Å². The van der Waals surface area contributed by atoms with Crippen LogP contribution in [-0.2, 0) is 17.0 Å². The second-order valence-electron chi connectivity index (χ2n) is 10.3. The van der Waals surface area contributed by atoms with Crippen LogP contribution >= 0.6 is 11.8 Å². The summed E-state index contributed by atoms with van der Waals surface area (Å²) in [6.07, 6.45) is 2.26. The normalized spacial score (nSPS) is 14.8. The molecule has 0 saturated carbocycles. The van der Waals surface area contributed by atoms with Gasteiger partial charge in [0.05, 0.1) is 23.9 Å². The quantitative estimate of drug-likeness (QED) is 0.163. The molecule has 6 aromatic rings. The highest BCUT2D eigenvalue weighted by Crippen LogP contribution is 2.35. The summed E-state index contributed by atoms with van der Waals surface area (Å²) in [5, 5.41) is 11.4. The summed E-state index contributed by atoms with van der Waals surface area (Å²) in [5.41, 5.74) is 5.10. The van der Waals surface area contributed by atoms with Gasteiger partial charge in [-0.1, -0.05) is 90.6 Å². The lowest BCUT2D eigenvalue weighted by Gasteiger charge is -2.16. The molecule has 2 aromatic heterocycles. The van der Waals surface area contributed by atoms with Crippen LogP contribution in [0.5, 0.6) is 11.5 Å².